The molecule has 1 heterocycles. The Morgan fingerprint density at radius 2 is 1.85 bits per heavy atom. The number of amides is 1. The maximum absolute atomic E-state index is 13.1. The molecule has 8 heteroatoms. The quantitative estimate of drug-likeness (QED) is 0.755. The third-order valence-electron chi connectivity index (χ3n) is 5.55. The van der Waals surface area contributed by atoms with E-state index in [1.165, 1.54) is 26.4 Å². The van der Waals surface area contributed by atoms with Crippen LogP contribution < -0.4 is 14.8 Å². The van der Waals surface area contributed by atoms with Gasteiger partial charge in [-0.25, -0.2) is 8.42 Å². The van der Waals surface area contributed by atoms with E-state index in [-0.39, 0.29) is 28.2 Å². The molecule has 1 N–H and O–H groups in total. The summed E-state index contributed by atoms with van der Waals surface area (Å²) in [5, 5.41) is 3.16. The normalized spacial score (nSPS) is 21.7. The molecule has 2 aliphatic rings. The van der Waals surface area contributed by atoms with Crippen molar-refractivity contribution in [2.24, 2.45) is 5.92 Å². The van der Waals surface area contributed by atoms with Crippen LogP contribution in [-0.4, -0.2) is 65.4 Å². The van der Waals surface area contributed by atoms with Crippen LogP contribution in [0.15, 0.2) is 17.0 Å². The van der Waals surface area contributed by atoms with Gasteiger partial charge >= 0.3 is 0 Å². The van der Waals surface area contributed by atoms with Crippen LogP contribution in [-0.2, 0) is 9.84 Å². The maximum atomic E-state index is 13.1. The van der Waals surface area contributed by atoms with Crippen molar-refractivity contribution >= 4 is 15.7 Å². The van der Waals surface area contributed by atoms with Crippen molar-refractivity contribution in [2.45, 2.75) is 42.7 Å². The Morgan fingerprint density at radius 3 is 2.33 bits per heavy atom. The zero-order valence-corrected chi connectivity index (χ0v) is 17.1. The van der Waals surface area contributed by atoms with Gasteiger partial charge < -0.3 is 19.7 Å². The summed E-state index contributed by atoms with van der Waals surface area (Å²) in [6.07, 6.45) is 5.52. The van der Waals surface area contributed by atoms with Crippen LogP contribution >= 0.6 is 0 Å². The van der Waals surface area contributed by atoms with Crippen molar-refractivity contribution in [1.29, 1.82) is 0 Å². The molecule has 2 unspecified atom stereocenters. The second-order valence-electron chi connectivity index (χ2n) is 7.50. The van der Waals surface area contributed by atoms with E-state index in [0.29, 0.717) is 17.7 Å². The van der Waals surface area contributed by atoms with E-state index < -0.39 is 9.84 Å². The van der Waals surface area contributed by atoms with Gasteiger partial charge in [-0.2, -0.15) is 0 Å². The first-order valence-corrected chi connectivity index (χ1v) is 11.1. The van der Waals surface area contributed by atoms with Gasteiger partial charge in [0.2, 0.25) is 0 Å². The number of carbonyl (C=O) groups is 1. The minimum absolute atomic E-state index is 0.0168. The lowest BCUT2D eigenvalue weighted by molar-refractivity contribution is 0.0900. The molecule has 1 aliphatic heterocycles. The molecule has 1 aromatic carbocycles. The van der Waals surface area contributed by atoms with E-state index >= 15 is 0 Å². The number of benzene rings is 1. The average Bonchev–Trinajstić information content (AvgIpc) is 3.38. The minimum atomic E-state index is -3.55. The summed E-state index contributed by atoms with van der Waals surface area (Å²) in [7, 11) is 1.38. The molecule has 0 aromatic heterocycles. The van der Waals surface area contributed by atoms with Gasteiger partial charge in [-0.3, -0.25) is 4.79 Å². The third kappa shape index (κ3) is 4.21. The largest absolute Gasteiger partial charge is 0.496 e. The molecule has 1 amide bonds. The highest BCUT2D eigenvalue weighted by atomic mass is 32.2. The number of likely N-dealkylation sites (tertiary alicyclic amines) is 1. The predicted octanol–water partition coefficient (Wildman–Crippen LogP) is 1.71. The van der Waals surface area contributed by atoms with Crippen LogP contribution in [0.5, 0.6) is 11.5 Å². The smallest absolute Gasteiger partial charge is 0.255 e. The first-order valence-electron chi connectivity index (χ1n) is 9.23. The number of hydrogen-bond donors (Lipinski definition) is 1. The number of ether oxygens (including phenoxy) is 2. The van der Waals surface area contributed by atoms with Gasteiger partial charge in [0.25, 0.3) is 5.91 Å². The summed E-state index contributed by atoms with van der Waals surface area (Å²) in [4.78, 5) is 15.3. The molecule has 2 atom stereocenters. The van der Waals surface area contributed by atoms with Crippen molar-refractivity contribution in [3.05, 3.63) is 17.7 Å². The van der Waals surface area contributed by atoms with Crippen molar-refractivity contribution in [2.75, 3.05) is 34.1 Å². The van der Waals surface area contributed by atoms with Crippen molar-refractivity contribution in [3.63, 3.8) is 0 Å². The zero-order chi connectivity index (χ0) is 19.8. The number of methoxy groups -OCH3 is 2. The summed E-state index contributed by atoms with van der Waals surface area (Å²) in [5.74, 6) is 0.640. The number of likely N-dealkylation sites (N-methyl/N-ethyl adjacent to an activating group) is 1. The number of nitrogens with one attached hydrogen (secondary N) is 1. The van der Waals surface area contributed by atoms with E-state index in [0.717, 1.165) is 38.5 Å². The lowest BCUT2D eigenvalue weighted by Gasteiger charge is -2.30. The summed E-state index contributed by atoms with van der Waals surface area (Å²) in [6, 6.07) is 3.20. The zero-order valence-electron chi connectivity index (χ0n) is 16.3. The Kier molecular flexibility index (Phi) is 5.67. The highest BCUT2D eigenvalue weighted by molar-refractivity contribution is 7.90. The molecule has 3 rings (SSSR count). The molecule has 1 saturated carbocycles. The van der Waals surface area contributed by atoms with Crippen LogP contribution in [0.4, 0.5) is 0 Å². The fourth-order valence-electron chi connectivity index (χ4n) is 3.94. The third-order valence-corrected chi connectivity index (χ3v) is 6.67. The van der Waals surface area contributed by atoms with Crippen LogP contribution in [0.25, 0.3) is 0 Å². The molecule has 7 nitrogen and oxygen atoms in total. The standard InChI is InChI=1S/C19H28N2O5S/c1-21-9-5-6-14(21)18(12-7-8-12)20-19(22)13-10-17(27(4,23)24)16(26-3)11-15(13)25-2/h10-12,14,18H,5-9H2,1-4H3,(H,20,22). The SMILES string of the molecule is COc1cc(OC)c(S(C)(=O)=O)cc1C(=O)NC(C1CC1)C1CCCN1C. The molecule has 2 fully saturated rings. The lowest BCUT2D eigenvalue weighted by atomic mass is 10.00. The molecule has 0 radical (unpaired) electrons. The van der Waals surface area contributed by atoms with Crippen molar-refractivity contribution in [1.82, 2.24) is 10.2 Å². The number of rotatable bonds is 7. The van der Waals surface area contributed by atoms with E-state index in [4.69, 9.17) is 9.47 Å². The van der Waals surface area contributed by atoms with E-state index in [9.17, 15) is 13.2 Å². The number of nitrogens with zero attached hydrogens (tertiary/aromatic N) is 1. The Bertz CT molecular complexity index is 820. The van der Waals surface area contributed by atoms with Gasteiger partial charge in [0.1, 0.15) is 16.4 Å². The first kappa shape index (κ1) is 19.9. The summed E-state index contributed by atoms with van der Waals surface area (Å²) >= 11 is 0. The number of carbonyl (C=O) groups excluding carboxylic acids is 1. The molecule has 0 spiro atoms. The van der Waals surface area contributed by atoms with Crippen molar-refractivity contribution in [3.8, 4) is 11.5 Å². The monoisotopic (exact) mass is 396 g/mol. The highest BCUT2D eigenvalue weighted by Gasteiger charge is 2.41. The predicted molar refractivity (Wildman–Crippen MR) is 102 cm³/mol. The molecule has 1 saturated heterocycles. The van der Waals surface area contributed by atoms with Crippen LogP contribution in [0.1, 0.15) is 36.0 Å². The number of hydrogen-bond acceptors (Lipinski definition) is 6. The number of sulfone groups is 1. The maximum Gasteiger partial charge on any atom is 0.255 e. The van der Waals surface area contributed by atoms with Gasteiger partial charge in [0, 0.05) is 24.4 Å². The van der Waals surface area contributed by atoms with Gasteiger partial charge in [0.05, 0.1) is 19.8 Å². The summed E-state index contributed by atoms with van der Waals surface area (Å²) in [6.45, 7) is 1.04. The molecule has 27 heavy (non-hydrogen) atoms. The second-order valence-corrected chi connectivity index (χ2v) is 9.49. The molecule has 1 aliphatic carbocycles. The Labute approximate surface area is 160 Å². The first-order chi connectivity index (χ1) is 12.8. The van der Waals surface area contributed by atoms with Crippen LogP contribution in [0.3, 0.4) is 0 Å². The Hall–Kier alpha value is -1.80. The van der Waals surface area contributed by atoms with Crippen LogP contribution in [0, 0.1) is 5.92 Å². The van der Waals surface area contributed by atoms with Gasteiger partial charge in [-0.1, -0.05) is 0 Å². The van der Waals surface area contributed by atoms with E-state index in [2.05, 4.69) is 17.3 Å². The van der Waals surface area contributed by atoms with E-state index in [1.54, 1.807) is 0 Å². The highest BCUT2D eigenvalue weighted by Crippen LogP contribution is 2.38. The fraction of sp³-hybridized carbons (Fsp3) is 0.632. The van der Waals surface area contributed by atoms with Crippen molar-refractivity contribution < 1.29 is 22.7 Å². The van der Waals surface area contributed by atoms with Gasteiger partial charge in [-0.15, -0.1) is 0 Å². The lowest BCUT2D eigenvalue weighted by Crippen LogP contribution is -2.49. The van der Waals surface area contributed by atoms with E-state index in [1.807, 2.05) is 0 Å². The summed E-state index contributed by atoms with van der Waals surface area (Å²) < 4.78 is 34.8. The molecular weight excluding hydrogens is 368 g/mol. The minimum Gasteiger partial charge on any atom is -0.496 e. The molecule has 1 aromatic rings. The molecular formula is C19H28N2O5S. The summed E-state index contributed by atoms with van der Waals surface area (Å²) in [5.41, 5.74) is 0.213. The Balaban J connectivity index is 1.93. The Morgan fingerprint density at radius 1 is 1.19 bits per heavy atom. The average molecular weight is 397 g/mol. The topological polar surface area (TPSA) is 84.9 Å². The molecule has 150 valence electrons. The second kappa shape index (κ2) is 7.67. The van der Waals surface area contributed by atoms with Crippen LogP contribution in [0.2, 0.25) is 0 Å². The molecule has 0 bridgehead atoms. The van der Waals surface area contributed by atoms with Gasteiger partial charge in [-0.05, 0) is 51.3 Å². The van der Waals surface area contributed by atoms with Gasteiger partial charge in [0.15, 0.2) is 9.84 Å². The fourth-order valence-corrected chi connectivity index (χ4v) is 4.78.